The fourth-order valence-electron chi connectivity index (χ4n) is 1.49. The van der Waals surface area contributed by atoms with Gasteiger partial charge in [-0.25, -0.2) is 0 Å². The van der Waals surface area contributed by atoms with Crippen LogP contribution in [-0.2, 0) is 11.3 Å². The molecule has 7 heteroatoms. The summed E-state index contributed by atoms with van der Waals surface area (Å²) in [7, 11) is 3.26. The highest BCUT2D eigenvalue weighted by molar-refractivity contribution is 5.99. The van der Waals surface area contributed by atoms with Crippen LogP contribution in [0.2, 0.25) is 0 Å². The van der Waals surface area contributed by atoms with E-state index < -0.39 is 11.9 Å². The molecule has 0 fully saturated rings. The van der Waals surface area contributed by atoms with E-state index in [9.17, 15) is 9.59 Å². The lowest BCUT2D eigenvalue weighted by atomic mass is 10.2. The summed E-state index contributed by atoms with van der Waals surface area (Å²) in [6, 6.07) is -0.612. The number of aromatic nitrogens is 2. The number of nitrogen functional groups attached to an aromatic ring is 1. The normalized spacial score (nSPS) is 12.0. The average molecular weight is 253 g/mol. The van der Waals surface area contributed by atoms with Gasteiger partial charge in [-0.05, 0) is 13.8 Å². The SMILES string of the molecule is CCn1cc(N)c(C(=O)NC(C)C(=O)N(C)C)n1. The van der Waals surface area contributed by atoms with Crippen LogP contribution in [0.15, 0.2) is 6.20 Å². The molecule has 0 bridgehead atoms. The zero-order chi connectivity index (χ0) is 13.9. The smallest absolute Gasteiger partial charge is 0.274 e. The highest BCUT2D eigenvalue weighted by Crippen LogP contribution is 2.09. The number of likely N-dealkylation sites (N-methyl/N-ethyl adjacent to an activating group) is 1. The number of rotatable bonds is 4. The first kappa shape index (κ1) is 14.0. The van der Waals surface area contributed by atoms with Crippen LogP contribution in [0.1, 0.15) is 24.3 Å². The van der Waals surface area contributed by atoms with Crippen LogP contribution in [-0.4, -0.2) is 46.6 Å². The van der Waals surface area contributed by atoms with Crippen molar-refractivity contribution in [2.75, 3.05) is 19.8 Å². The van der Waals surface area contributed by atoms with Gasteiger partial charge in [-0.1, -0.05) is 0 Å². The molecule has 3 N–H and O–H groups in total. The summed E-state index contributed by atoms with van der Waals surface area (Å²) in [5.74, 6) is -0.626. The molecule has 0 aliphatic carbocycles. The second-order valence-electron chi connectivity index (χ2n) is 4.22. The first-order valence-electron chi connectivity index (χ1n) is 5.71. The summed E-state index contributed by atoms with van der Waals surface area (Å²) in [6.07, 6.45) is 1.59. The Kier molecular flexibility index (Phi) is 4.30. The monoisotopic (exact) mass is 253 g/mol. The molecule has 2 amide bonds. The maximum Gasteiger partial charge on any atom is 0.274 e. The van der Waals surface area contributed by atoms with E-state index in [0.717, 1.165) is 0 Å². The number of anilines is 1. The fourth-order valence-corrected chi connectivity index (χ4v) is 1.49. The number of aryl methyl sites for hydroxylation is 1. The van der Waals surface area contributed by atoms with Gasteiger partial charge in [0.05, 0.1) is 5.69 Å². The van der Waals surface area contributed by atoms with E-state index in [0.29, 0.717) is 12.2 Å². The van der Waals surface area contributed by atoms with Crippen LogP contribution in [0, 0.1) is 0 Å². The van der Waals surface area contributed by atoms with Gasteiger partial charge in [0.25, 0.3) is 5.91 Å². The third kappa shape index (κ3) is 2.99. The van der Waals surface area contributed by atoms with Gasteiger partial charge < -0.3 is 16.0 Å². The molecule has 1 aromatic heterocycles. The lowest BCUT2D eigenvalue weighted by Gasteiger charge is -2.17. The van der Waals surface area contributed by atoms with E-state index in [2.05, 4.69) is 10.4 Å². The quantitative estimate of drug-likeness (QED) is 0.770. The minimum Gasteiger partial charge on any atom is -0.396 e. The van der Waals surface area contributed by atoms with Crippen molar-refractivity contribution in [1.29, 1.82) is 0 Å². The number of nitrogens with two attached hydrogens (primary N) is 1. The van der Waals surface area contributed by atoms with Crippen molar-refractivity contribution in [2.24, 2.45) is 0 Å². The number of amides is 2. The molecule has 0 radical (unpaired) electrons. The van der Waals surface area contributed by atoms with E-state index in [4.69, 9.17) is 5.73 Å². The summed E-state index contributed by atoms with van der Waals surface area (Å²) in [6.45, 7) is 4.14. The standard InChI is InChI=1S/C11H19N5O2/c1-5-16-6-8(12)9(14-16)10(17)13-7(2)11(18)15(3)4/h6-7H,5,12H2,1-4H3,(H,13,17). The lowest BCUT2D eigenvalue weighted by Crippen LogP contribution is -2.44. The Balaban J connectivity index is 2.76. The van der Waals surface area contributed by atoms with Crippen molar-refractivity contribution in [3.63, 3.8) is 0 Å². The Morgan fingerprint density at radius 3 is 2.61 bits per heavy atom. The van der Waals surface area contributed by atoms with Gasteiger partial charge in [0.15, 0.2) is 5.69 Å². The lowest BCUT2D eigenvalue weighted by molar-refractivity contribution is -0.130. The Morgan fingerprint density at radius 1 is 1.56 bits per heavy atom. The molecular weight excluding hydrogens is 234 g/mol. The van der Waals surface area contributed by atoms with E-state index in [1.54, 1.807) is 31.9 Å². The van der Waals surface area contributed by atoms with Crippen LogP contribution >= 0.6 is 0 Å². The van der Waals surface area contributed by atoms with Gasteiger partial charge >= 0.3 is 0 Å². The molecule has 100 valence electrons. The predicted octanol–water partition coefficient (Wildman–Crippen LogP) is -0.308. The van der Waals surface area contributed by atoms with Crippen molar-refractivity contribution in [1.82, 2.24) is 20.0 Å². The average Bonchev–Trinajstić information content (AvgIpc) is 2.69. The topological polar surface area (TPSA) is 93.2 Å². The van der Waals surface area contributed by atoms with Crippen molar-refractivity contribution in [2.45, 2.75) is 26.4 Å². The number of nitrogens with zero attached hydrogens (tertiary/aromatic N) is 3. The maximum absolute atomic E-state index is 11.9. The van der Waals surface area contributed by atoms with Gasteiger partial charge in [-0.15, -0.1) is 0 Å². The molecule has 18 heavy (non-hydrogen) atoms. The molecule has 7 nitrogen and oxygen atoms in total. The second-order valence-corrected chi connectivity index (χ2v) is 4.22. The molecule has 0 saturated heterocycles. The van der Waals surface area contributed by atoms with Crippen LogP contribution in [0.5, 0.6) is 0 Å². The van der Waals surface area contributed by atoms with Gasteiger partial charge in [0, 0.05) is 26.8 Å². The minimum atomic E-state index is -0.612. The minimum absolute atomic E-state index is 0.148. The zero-order valence-electron chi connectivity index (χ0n) is 11.1. The van der Waals surface area contributed by atoms with Crippen LogP contribution in [0.3, 0.4) is 0 Å². The molecule has 0 aliphatic rings. The third-order valence-electron chi connectivity index (χ3n) is 2.49. The largest absolute Gasteiger partial charge is 0.396 e. The highest BCUT2D eigenvalue weighted by Gasteiger charge is 2.21. The molecule has 0 saturated carbocycles. The maximum atomic E-state index is 11.9. The van der Waals surface area contributed by atoms with Crippen LogP contribution < -0.4 is 11.1 Å². The first-order chi connectivity index (χ1) is 8.36. The Hall–Kier alpha value is -2.05. The highest BCUT2D eigenvalue weighted by atomic mass is 16.2. The number of hydrogen-bond donors (Lipinski definition) is 2. The Bertz CT molecular complexity index is 452. The van der Waals surface area contributed by atoms with Gasteiger partial charge in [-0.3, -0.25) is 14.3 Å². The number of nitrogens with one attached hydrogen (secondary N) is 1. The second kappa shape index (κ2) is 5.52. The molecule has 1 heterocycles. The number of carbonyl (C=O) groups is 2. The summed E-state index contributed by atoms with van der Waals surface area (Å²) < 4.78 is 1.57. The van der Waals surface area contributed by atoms with Crippen molar-refractivity contribution < 1.29 is 9.59 Å². The molecule has 0 spiro atoms. The molecule has 1 unspecified atom stereocenters. The van der Waals surface area contributed by atoms with Crippen LogP contribution in [0.25, 0.3) is 0 Å². The van der Waals surface area contributed by atoms with Gasteiger partial charge in [-0.2, -0.15) is 5.10 Å². The molecule has 0 aliphatic heterocycles. The fraction of sp³-hybridized carbons (Fsp3) is 0.545. The Morgan fingerprint density at radius 2 is 2.17 bits per heavy atom. The first-order valence-corrected chi connectivity index (χ1v) is 5.71. The molecule has 1 rings (SSSR count). The number of hydrogen-bond acceptors (Lipinski definition) is 4. The van der Waals surface area contributed by atoms with Gasteiger partial charge in [0.1, 0.15) is 6.04 Å². The molecular formula is C11H19N5O2. The molecule has 1 atom stereocenters. The van der Waals surface area contributed by atoms with Crippen molar-refractivity contribution >= 4 is 17.5 Å². The van der Waals surface area contributed by atoms with E-state index in [-0.39, 0.29) is 11.6 Å². The molecule has 1 aromatic rings. The van der Waals surface area contributed by atoms with E-state index in [1.807, 2.05) is 6.92 Å². The van der Waals surface area contributed by atoms with E-state index in [1.165, 1.54) is 4.90 Å². The summed E-state index contributed by atoms with van der Waals surface area (Å²) in [4.78, 5) is 24.9. The summed E-state index contributed by atoms with van der Waals surface area (Å²) in [5, 5.41) is 6.61. The Labute approximate surface area is 106 Å². The van der Waals surface area contributed by atoms with Crippen LogP contribution in [0.4, 0.5) is 5.69 Å². The van der Waals surface area contributed by atoms with Gasteiger partial charge in [0.2, 0.25) is 5.91 Å². The predicted molar refractivity (Wildman–Crippen MR) is 67.9 cm³/mol. The van der Waals surface area contributed by atoms with Crippen molar-refractivity contribution in [3.8, 4) is 0 Å². The van der Waals surface area contributed by atoms with Crippen molar-refractivity contribution in [3.05, 3.63) is 11.9 Å². The number of carbonyl (C=O) groups excluding carboxylic acids is 2. The zero-order valence-corrected chi connectivity index (χ0v) is 11.1. The summed E-state index contributed by atoms with van der Waals surface area (Å²) in [5.41, 5.74) is 6.14. The third-order valence-corrected chi connectivity index (χ3v) is 2.49. The summed E-state index contributed by atoms with van der Waals surface area (Å²) >= 11 is 0. The van der Waals surface area contributed by atoms with E-state index >= 15 is 0 Å². The molecule has 0 aromatic carbocycles.